The van der Waals surface area contributed by atoms with E-state index in [-0.39, 0.29) is 6.61 Å². The lowest BCUT2D eigenvalue weighted by Crippen LogP contribution is -2.30. The van der Waals surface area contributed by atoms with E-state index in [9.17, 15) is 22.8 Å². The third-order valence-corrected chi connectivity index (χ3v) is 2.75. The van der Waals surface area contributed by atoms with E-state index in [0.717, 1.165) is 0 Å². The van der Waals surface area contributed by atoms with Crippen molar-refractivity contribution in [3.63, 3.8) is 0 Å². The molecule has 3 atom stereocenters. The predicted octanol–water partition coefficient (Wildman–Crippen LogP) is 1.72. The fraction of sp³-hybridized carbons (Fsp3) is 0.818. The summed E-state index contributed by atoms with van der Waals surface area (Å²) in [6.07, 6.45) is -5.69. The molecule has 0 spiro atoms. The van der Waals surface area contributed by atoms with Crippen LogP contribution in [0.1, 0.15) is 19.8 Å². The van der Waals surface area contributed by atoms with Crippen molar-refractivity contribution < 1.29 is 32.2 Å². The Bertz CT molecular complexity index is 299. The number of hydrogen-bond donors (Lipinski definition) is 0. The van der Waals surface area contributed by atoms with Crippen molar-refractivity contribution in [2.45, 2.75) is 32.0 Å². The van der Waals surface area contributed by atoms with Crippen LogP contribution >= 0.6 is 0 Å². The van der Waals surface area contributed by atoms with Gasteiger partial charge in [0.25, 0.3) is 0 Å². The van der Waals surface area contributed by atoms with Crippen molar-refractivity contribution in [1.29, 1.82) is 0 Å². The SMILES string of the molecule is CCOC(=O)CC(CC(C=O)C1CO1)C(F)(F)F. The van der Waals surface area contributed by atoms with Crippen LogP contribution in [0, 0.1) is 11.8 Å². The zero-order chi connectivity index (χ0) is 13.8. The molecule has 1 aliphatic rings. The number of hydrogen-bond acceptors (Lipinski definition) is 4. The summed E-state index contributed by atoms with van der Waals surface area (Å²) in [7, 11) is 0. The summed E-state index contributed by atoms with van der Waals surface area (Å²) in [6, 6.07) is 0. The first kappa shape index (κ1) is 14.9. The van der Waals surface area contributed by atoms with Crippen LogP contribution in [0.5, 0.6) is 0 Å². The van der Waals surface area contributed by atoms with Gasteiger partial charge in [0, 0.05) is 5.92 Å². The lowest BCUT2D eigenvalue weighted by Gasteiger charge is -2.21. The zero-order valence-corrected chi connectivity index (χ0v) is 9.90. The molecule has 4 nitrogen and oxygen atoms in total. The molecule has 1 saturated heterocycles. The topological polar surface area (TPSA) is 55.9 Å². The molecule has 0 aromatic heterocycles. The van der Waals surface area contributed by atoms with Gasteiger partial charge in [0.15, 0.2) is 0 Å². The summed E-state index contributed by atoms with van der Waals surface area (Å²) in [5, 5.41) is 0. The number of rotatable bonds is 7. The number of carbonyl (C=O) groups is 2. The molecule has 1 fully saturated rings. The molecule has 0 bridgehead atoms. The van der Waals surface area contributed by atoms with E-state index in [1.807, 2.05) is 0 Å². The van der Waals surface area contributed by atoms with Gasteiger partial charge in [0.1, 0.15) is 6.29 Å². The number of alkyl halides is 3. The van der Waals surface area contributed by atoms with Gasteiger partial charge in [-0.15, -0.1) is 0 Å². The van der Waals surface area contributed by atoms with E-state index in [2.05, 4.69) is 4.74 Å². The molecule has 18 heavy (non-hydrogen) atoms. The molecule has 104 valence electrons. The molecule has 0 saturated carbocycles. The largest absolute Gasteiger partial charge is 0.466 e. The van der Waals surface area contributed by atoms with Crippen molar-refractivity contribution in [1.82, 2.24) is 0 Å². The van der Waals surface area contributed by atoms with Crippen LogP contribution in [0.2, 0.25) is 0 Å². The van der Waals surface area contributed by atoms with Crippen molar-refractivity contribution >= 4 is 12.3 Å². The minimum absolute atomic E-state index is 0.0340. The number of ether oxygens (including phenoxy) is 2. The van der Waals surface area contributed by atoms with Crippen LogP contribution in [0.4, 0.5) is 13.2 Å². The average Bonchev–Trinajstić information content (AvgIpc) is 3.06. The quantitative estimate of drug-likeness (QED) is 0.401. The second kappa shape index (κ2) is 6.17. The fourth-order valence-electron chi connectivity index (χ4n) is 1.68. The van der Waals surface area contributed by atoms with E-state index in [0.29, 0.717) is 12.9 Å². The van der Waals surface area contributed by atoms with Crippen molar-refractivity contribution in [3.8, 4) is 0 Å². The number of halogens is 3. The van der Waals surface area contributed by atoms with Crippen LogP contribution in [0.15, 0.2) is 0 Å². The van der Waals surface area contributed by atoms with Crippen molar-refractivity contribution in [2.75, 3.05) is 13.2 Å². The lowest BCUT2D eigenvalue weighted by atomic mass is 9.90. The summed E-state index contributed by atoms with van der Waals surface area (Å²) < 4.78 is 47.5. The van der Waals surface area contributed by atoms with Crippen LogP contribution < -0.4 is 0 Å². The van der Waals surface area contributed by atoms with Crippen LogP contribution in [-0.4, -0.2) is 37.7 Å². The highest BCUT2D eigenvalue weighted by Crippen LogP contribution is 2.36. The third-order valence-electron chi connectivity index (χ3n) is 2.75. The molecule has 1 heterocycles. The van der Waals surface area contributed by atoms with Gasteiger partial charge in [0.2, 0.25) is 0 Å². The standard InChI is InChI=1S/C11H15F3O4/c1-2-17-10(16)4-8(11(12,13)14)3-7(5-15)9-6-18-9/h5,7-9H,2-4,6H2,1H3. The number of epoxide rings is 1. The molecule has 7 heteroatoms. The maximum absolute atomic E-state index is 12.7. The first-order chi connectivity index (χ1) is 8.38. The van der Waals surface area contributed by atoms with E-state index in [1.54, 1.807) is 0 Å². The van der Waals surface area contributed by atoms with Gasteiger partial charge < -0.3 is 14.3 Å². The highest BCUT2D eigenvalue weighted by molar-refractivity contribution is 5.69. The Balaban J connectivity index is 2.60. The minimum atomic E-state index is -4.52. The van der Waals surface area contributed by atoms with Gasteiger partial charge in [-0.2, -0.15) is 13.2 Å². The van der Waals surface area contributed by atoms with Crippen LogP contribution in [0.25, 0.3) is 0 Å². The lowest BCUT2D eigenvalue weighted by molar-refractivity contribution is -0.188. The maximum atomic E-state index is 12.7. The summed E-state index contributed by atoms with van der Waals surface area (Å²) in [4.78, 5) is 21.8. The number of carbonyl (C=O) groups excluding carboxylic acids is 2. The van der Waals surface area contributed by atoms with Crippen molar-refractivity contribution in [3.05, 3.63) is 0 Å². The first-order valence-corrected chi connectivity index (χ1v) is 5.67. The zero-order valence-electron chi connectivity index (χ0n) is 9.90. The van der Waals surface area contributed by atoms with Gasteiger partial charge in [-0.1, -0.05) is 0 Å². The highest BCUT2D eigenvalue weighted by Gasteiger charge is 2.45. The summed E-state index contributed by atoms with van der Waals surface area (Å²) in [5.41, 5.74) is 0. The van der Waals surface area contributed by atoms with E-state index < -0.39 is 42.9 Å². The monoisotopic (exact) mass is 268 g/mol. The molecule has 0 aromatic rings. The first-order valence-electron chi connectivity index (χ1n) is 5.67. The summed E-state index contributed by atoms with van der Waals surface area (Å²) >= 11 is 0. The van der Waals surface area contributed by atoms with Gasteiger partial charge in [-0.05, 0) is 13.3 Å². The van der Waals surface area contributed by atoms with E-state index in [4.69, 9.17) is 4.74 Å². The van der Waals surface area contributed by atoms with Gasteiger partial charge >= 0.3 is 12.1 Å². The molecule has 0 N–H and O–H groups in total. The average molecular weight is 268 g/mol. The molecular formula is C11H15F3O4. The Kier molecular flexibility index (Phi) is 5.13. The predicted molar refractivity (Wildman–Crippen MR) is 54.7 cm³/mol. The fourth-order valence-corrected chi connectivity index (χ4v) is 1.68. The summed E-state index contributed by atoms with van der Waals surface area (Å²) in [6.45, 7) is 1.85. The Hall–Kier alpha value is -1.11. The molecule has 0 amide bonds. The van der Waals surface area contributed by atoms with Crippen LogP contribution in [0.3, 0.4) is 0 Å². The number of esters is 1. The van der Waals surface area contributed by atoms with Crippen molar-refractivity contribution in [2.24, 2.45) is 11.8 Å². The van der Waals surface area contributed by atoms with E-state index >= 15 is 0 Å². The third kappa shape index (κ3) is 4.64. The second-order valence-corrected chi connectivity index (χ2v) is 4.16. The van der Waals surface area contributed by atoms with Gasteiger partial charge in [-0.25, -0.2) is 0 Å². The molecule has 1 rings (SSSR count). The highest BCUT2D eigenvalue weighted by atomic mass is 19.4. The molecular weight excluding hydrogens is 253 g/mol. The Morgan fingerprint density at radius 2 is 2.17 bits per heavy atom. The normalized spacial score (nSPS) is 22.1. The molecule has 1 aliphatic heterocycles. The smallest absolute Gasteiger partial charge is 0.392 e. The Labute approximate surface area is 102 Å². The van der Waals surface area contributed by atoms with E-state index in [1.165, 1.54) is 6.92 Å². The van der Waals surface area contributed by atoms with Gasteiger partial charge in [0.05, 0.1) is 31.7 Å². The Morgan fingerprint density at radius 3 is 2.56 bits per heavy atom. The molecule has 0 radical (unpaired) electrons. The molecule has 3 unspecified atom stereocenters. The summed E-state index contributed by atoms with van der Waals surface area (Å²) in [5.74, 6) is -3.58. The Morgan fingerprint density at radius 1 is 1.56 bits per heavy atom. The minimum Gasteiger partial charge on any atom is -0.466 e. The van der Waals surface area contributed by atoms with Gasteiger partial charge in [-0.3, -0.25) is 4.79 Å². The molecule has 0 aliphatic carbocycles. The van der Waals surface area contributed by atoms with Crippen LogP contribution in [-0.2, 0) is 19.1 Å². The second-order valence-electron chi connectivity index (χ2n) is 4.16. The molecule has 0 aromatic carbocycles. The number of aldehydes is 1. The maximum Gasteiger partial charge on any atom is 0.392 e.